The molecule has 26 heavy (non-hydrogen) atoms. The largest absolute Gasteiger partial charge is 0.490 e. The van der Waals surface area contributed by atoms with Gasteiger partial charge in [-0.2, -0.15) is 11.8 Å². The first-order chi connectivity index (χ1) is 12.6. The molecule has 5 nitrogen and oxygen atoms in total. The fourth-order valence-corrected chi connectivity index (χ4v) is 3.96. The highest BCUT2D eigenvalue weighted by molar-refractivity contribution is 7.99. The number of carbonyl (C=O) groups is 1. The van der Waals surface area contributed by atoms with Gasteiger partial charge in [-0.15, -0.1) is 0 Å². The van der Waals surface area contributed by atoms with Crippen molar-refractivity contribution in [1.29, 1.82) is 0 Å². The van der Waals surface area contributed by atoms with E-state index in [9.17, 15) is 4.79 Å². The number of amides is 1. The van der Waals surface area contributed by atoms with Gasteiger partial charge in [-0.05, 0) is 56.6 Å². The maximum absolute atomic E-state index is 11.9. The summed E-state index contributed by atoms with van der Waals surface area (Å²) in [6, 6.07) is 8.04. The van der Waals surface area contributed by atoms with Crippen molar-refractivity contribution in [3.05, 3.63) is 30.0 Å². The molecule has 3 N–H and O–H groups in total. The Hall–Kier alpha value is -1.95. The van der Waals surface area contributed by atoms with Crippen LogP contribution in [0.4, 0.5) is 5.69 Å². The summed E-state index contributed by atoms with van der Waals surface area (Å²) in [5.41, 5.74) is 8.69. The fourth-order valence-electron chi connectivity index (χ4n) is 3.49. The van der Waals surface area contributed by atoms with Crippen LogP contribution in [0.15, 0.2) is 24.3 Å². The van der Waals surface area contributed by atoms with Crippen LogP contribution < -0.4 is 15.8 Å². The third-order valence-electron chi connectivity index (χ3n) is 4.72. The Bertz CT molecular complexity index is 773. The summed E-state index contributed by atoms with van der Waals surface area (Å²) in [4.78, 5) is 16.4. The van der Waals surface area contributed by atoms with Crippen molar-refractivity contribution in [3.8, 4) is 5.75 Å². The number of hydrogen-bond acceptors (Lipinski definition) is 5. The van der Waals surface area contributed by atoms with E-state index in [1.807, 2.05) is 31.2 Å². The van der Waals surface area contributed by atoms with Gasteiger partial charge in [0, 0.05) is 17.4 Å². The molecule has 0 bridgehead atoms. The van der Waals surface area contributed by atoms with Gasteiger partial charge in [0.2, 0.25) is 5.91 Å². The molecule has 0 aliphatic heterocycles. The number of nitrogen functional groups attached to an aromatic ring is 1. The number of hydrogen-bond donors (Lipinski definition) is 2. The Kier molecular flexibility index (Phi) is 6.25. The standard InChI is InChI=1S/C20H27N3O2S/c1-3-26-12-19(24)23-14-7-9-15(10-8-14)25-18-6-4-5-17-20(18)16(21)11-13(2)22-17/h4-6,11,14-15H,3,7-10,12H2,1-2H3,(H2,21,22)(H,23,24)/t14-,15-. The van der Waals surface area contributed by atoms with Crippen LogP contribution in [0.5, 0.6) is 5.75 Å². The number of thioether (sulfide) groups is 1. The Morgan fingerprint density at radius 2 is 2.12 bits per heavy atom. The van der Waals surface area contributed by atoms with Gasteiger partial charge in [0.25, 0.3) is 0 Å². The number of aryl methyl sites for hydroxylation is 1. The molecule has 0 atom stereocenters. The van der Waals surface area contributed by atoms with E-state index in [0.717, 1.165) is 53.8 Å². The quantitative estimate of drug-likeness (QED) is 0.808. The Morgan fingerprint density at radius 1 is 1.35 bits per heavy atom. The molecule has 0 radical (unpaired) electrons. The molecule has 0 saturated heterocycles. The average molecular weight is 374 g/mol. The van der Waals surface area contributed by atoms with E-state index in [1.54, 1.807) is 11.8 Å². The monoisotopic (exact) mass is 373 g/mol. The first-order valence-electron chi connectivity index (χ1n) is 9.26. The van der Waals surface area contributed by atoms with Crippen LogP contribution in [0.1, 0.15) is 38.3 Å². The van der Waals surface area contributed by atoms with E-state index >= 15 is 0 Å². The maximum Gasteiger partial charge on any atom is 0.230 e. The molecule has 1 amide bonds. The lowest BCUT2D eigenvalue weighted by molar-refractivity contribution is -0.119. The lowest BCUT2D eigenvalue weighted by Crippen LogP contribution is -2.40. The molecule has 140 valence electrons. The number of nitrogens with one attached hydrogen (secondary N) is 1. The van der Waals surface area contributed by atoms with Crippen LogP contribution in [0.25, 0.3) is 10.9 Å². The van der Waals surface area contributed by atoms with Crippen LogP contribution in [0, 0.1) is 6.92 Å². The molecular weight excluding hydrogens is 346 g/mol. The summed E-state index contributed by atoms with van der Waals surface area (Å²) in [5.74, 6) is 2.47. The summed E-state index contributed by atoms with van der Waals surface area (Å²) in [6.45, 7) is 4.01. The number of ether oxygens (including phenoxy) is 1. The van der Waals surface area contributed by atoms with E-state index in [2.05, 4.69) is 17.2 Å². The predicted molar refractivity (Wildman–Crippen MR) is 109 cm³/mol. The molecule has 1 saturated carbocycles. The van der Waals surface area contributed by atoms with Crippen LogP contribution >= 0.6 is 11.8 Å². The Balaban J connectivity index is 1.60. The number of anilines is 1. The number of nitrogens with zero attached hydrogens (tertiary/aromatic N) is 1. The zero-order chi connectivity index (χ0) is 18.5. The second-order valence-corrected chi connectivity index (χ2v) is 8.07. The van der Waals surface area contributed by atoms with Crippen molar-refractivity contribution in [3.63, 3.8) is 0 Å². The number of benzene rings is 1. The van der Waals surface area contributed by atoms with E-state index < -0.39 is 0 Å². The van der Waals surface area contributed by atoms with Crippen molar-refractivity contribution in [2.75, 3.05) is 17.2 Å². The first-order valence-corrected chi connectivity index (χ1v) is 10.4. The number of fused-ring (bicyclic) bond motifs is 1. The number of carbonyl (C=O) groups excluding carboxylic acids is 1. The lowest BCUT2D eigenvalue weighted by Gasteiger charge is -2.30. The summed E-state index contributed by atoms with van der Waals surface area (Å²) in [7, 11) is 0. The molecule has 0 spiro atoms. The molecule has 0 unspecified atom stereocenters. The topological polar surface area (TPSA) is 77.2 Å². The maximum atomic E-state index is 11.9. The zero-order valence-electron chi connectivity index (χ0n) is 15.5. The lowest BCUT2D eigenvalue weighted by atomic mass is 9.93. The molecule has 3 rings (SSSR count). The third-order valence-corrected chi connectivity index (χ3v) is 5.60. The van der Waals surface area contributed by atoms with E-state index in [1.165, 1.54) is 0 Å². The highest BCUT2D eigenvalue weighted by Gasteiger charge is 2.24. The normalized spacial score (nSPS) is 20.1. The molecule has 6 heteroatoms. The fraction of sp³-hybridized carbons (Fsp3) is 0.500. The molecule has 1 heterocycles. The van der Waals surface area contributed by atoms with Gasteiger partial charge in [0.15, 0.2) is 0 Å². The van der Waals surface area contributed by atoms with Gasteiger partial charge in [-0.25, -0.2) is 0 Å². The van der Waals surface area contributed by atoms with Gasteiger partial charge in [-0.3, -0.25) is 9.78 Å². The van der Waals surface area contributed by atoms with Gasteiger partial charge >= 0.3 is 0 Å². The number of aromatic nitrogens is 1. The minimum absolute atomic E-state index is 0.143. The van der Waals surface area contributed by atoms with E-state index in [-0.39, 0.29) is 18.1 Å². The van der Waals surface area contributed by atoms with Crippen molar-refractivity contribution in [2.24, 2.45) is 0 Å². The van der Waals surface area contributed by atoms with Crippen molar-refractivity contribution in [1.82, 2.24) is 10.3 Å². The SMILES string of the molecule is CCSCC(=O)N[C@H]1CC[C@H](Oc2cccc3nc(C)cc(N)c23)CC1. The predicted octanol–water partition coefficient (Wildman–Crippen LogP) is 3.68. The second kappa shape index (κ2) is 8.62. The first kappa shape index (κ1) is 18.8. The van der Waals surface area contributed by atoms with Crippen molar-refractivity contribution < 1.29 is 9.53 Å². The van der Waals surface area contributed by atoms with Gasteiger partial charge in [0.1, 0.15) is 5.75 Å². The van der Waals surface area contributed by atoms with Gasteiger partial charge in [-0.1, -0.05) is 13.0 Å². The number of nitrogens with two attached hydrogens (primary N) is 1. The summed E-state index contributed by atoms with van der Waals surface area (Å²) >= 11 is 1.66. The number of rotatable bonds is 6. The van der Waals surface area contributed by atoms with Gasteiger partial charge < -0.3 is 15.8 Å². The third kappa shape index (κ3) is 4.61. The summed E-state index contributed by atoms with van der Waals surface area (Å²) < 4.78 is 6.27. The number of pyridine rings is 1. The summed E-state index contributed by atoms with van der Waals surface area (Å²) in [5, 5.41) is 4.03. The molecule has 1 aromatic carbocycles. The van der Waals surface area contributed by atoms with Crippen LogP contribution in [0.2, 0.25) is 0 Å². The van der Waals surface area contributed by atoms with Crippen LogP contribution in [-0.2, 0) is 4.79 Å². The van der Waals surface area contributed by atoms with Gasteiger partial charge in [0.05, 0.1) is 22.8 Å². The van der Waals surface area contributed by atoms with Crippen molar-refractivity contribution in [2.45, 2.75) is 51.7 Å². The molecular formula is C20H27N3O2S. The minimum atomic E-state index is 0.143. The average Bonchev–Trinajstić information content (AvgIpc) is 2.61. The molecule has 1 aromatic heterocycles. The molecule has 2 aromatic rings. The zero-order valence-corrected chi connectivity index (χ0v) is 16.3. The second-order valence-electron chi connectivity index (χ2n) is 6.80. The van der Waals surface area contributed by atoms with Crippen molar-refractivity contribution >= 4 is 34.3 Å². The Morgan fingerprint density at radius 3 is 2.85 bits per heavy atom. The molecule has 1 aliphatic carbocycles. The highest BCUT2D eigenvalue weighted by atomic mass is 32.2. The molecule has 1 fully saturated rings. The van der Waals surface area contributed by atoms with Crippen LogP contribution in [0.3, 0.4) is 0 Å². The smallest absolute Gasteiger partial charge is 0.230 e. The minimum Gasteiger partial charge on any atom is -0.490 e. The summed E-state index contributed by atoms with van der Waals surface area (Å²) in [6.07, 6.45) is 3.91. The Labute approximate surface area is 159 Å². The van der Waals surface area contributed by atoms with E-state index in [0.29, 0.717) is 11.4 Å². The molecule has 1 aliphatic rings. The highest BCUT2D eigenvalue weighted by Crippen LogP contribution is 2.33. The van der Waals surface area contributed by atoms with E-state index in [4.69, 9.17) is 10.5 Å². The van der Waals surface area contributed by atoms with Crippen LogP contribution in [-0.4, -0.2) is 34.5 Å².